The summed E-state index contributed by atoms with van der Waals surface area (Å²) in [5.41, 5.74) is 3.77. The average molecular weight is 484 g/mol. The lowest BCUT2D eigenvalue weighted by atomic mass is 10.2. The van der Waals surface area contributed by atoms with E-state index in [0.29, 0.717) is 11.3 Å². The fourth-order valence-corrected chi connectivity index (χ4v) is 4.48. The third-order valence-corrected chi connectivity index (χ3v) is 6.67. The summed E-state index contributed by atoms with van der Waals surface area (Å²) >= 11 is 0. The van der Waals surface area contributed by atoms with E-state index in [4.69, 9.17) is 9.47 Å². The molecule has 0 aromatic heterocycles. The molecule has 0 radical (unpaired) electrons. The number of aryl methyl sites for hydroxylation is 1. The zero-order valence-electron chi connectivity index (χ0n) is 18.9. The van der Waals surface area contributed by atoms with Gasteiger partial charge in [-0.25, -0.2) is 13.8 Å². The van der Waals surface area contributed by atoms with Crippen molar-refractivity contribution < 1.29 is 27.8 Å². The average Bonchev–Trinajstić information content (AvgIpc) is 2.83. The Bertz CT molecular complexity index is 1290. The number of amides is 1. The third-order valence-electron chi connectivity index (χ3n) is 4.88. The number of nitrogens with zero attached hydrogens (tertiary/aromatic N) is 2. The lowest BCUT2D eigenvalue weighted by Gasteiger charge is -2.24. The molecule has 0 aliphatic rings. The van der Waals surface area contributed by atoms with Gasteiger partial charge in [-0.2, -0.15) is 5.10 Å². The number of ether oxygens (including phenoxy) is 2. The van der Waals surface area contributed by atoms with Crippen LogP contribution in [0.15, 0.2) is 76.7 Å². The highest BCUT2D eigenvalue weighted by Crippen LogP contribution is 2.28. The minimum absolute atomic E-state index is 0.0403. The molecule has 34 heavy (non-hydrogen) atoms. The molecule has 0 heterocycles. The van der Waals surface area contributed by atoms with Gasteiger partial charge in [0.15, 0.2) is 11.5 Å². The first-order valence-corrected chi connectivity index (χ1v) is 11.6. The van der Waals surface area contributed by atoms with Gasteiger partial charge >= 0.3 is 0 Å². The Balaban J connectivity index is 1.87. The maximum absolute atomic E-state index is 13.4. The molecule has 1 amide bonds. The number of phenolic OH excluding ortho intramolecular Hbond substituents is 1. The highest BCUT2D eigenvalue weighted by Gasteiger charge is 2.27. The number of hydrogen-bond acceptors (Lipinski definition) is 7. The van der Waals surface area contributed by atoms with Gasteiger partial charge in [0, 0.05) is 11.6 Å². The number of nitrogens with one attached hydrogen (secondary N) is 1. The van der Waals surface area contributed by atoms with E-state index < -0.39 is 22.5 Å². The zero-order valence-corrected chi connectivity index (χ0v) is 19.7. The second-order valence-corrected chi connectivity index (χ2v) is 9.08. The Kier molecular flexibility index (Phi) is 7.75. The molecule has 0 spiro atoms. The number of sulfonamides is 1. The van der Waals surface area contributed by atoms with Gasteiger partial charge in [0.1, 0.15) is 12.3 Å². The number of carbonyl (C=O) groups is 1. The lowest BCUT2D eigenvalue weighted by Crippen LogP contribution is -2.39. The Morgan fingerprint density at radius 2 is 1.76 bits per heavy atom. The third kappa shape index (κ3) is 5.65. The Labute approximate surface area is 198 Å². The van der Waals surface area contributed by atoms with Crippen molar-refractivity contribution in [2.75, 3.05) is 25.1 Å². The summed E-state index contributed by atoms with van der Waals surface area (Å²) in [4.78, 5) is 12.7. The fraction of sp³-hybridized carbons (Fsp3) is 0.167. The largest absolute Gasteiger partial charge is 0.504 e. The molecule has 3 aromatic carbocycles. The van der Waals surface area contributed by atoms with E-state index in [1.807, 2.05) is 6.92 Å². The van der Waals surface area contributed by atoms with Gasteiger partial charge in [0.2, 0.25) is 0 Å². The summed E-state index contributed by atoms with van der Waals surface area (Å²) in [6, 6.07) is 17.5. The molecule has 0 atom stereocenters. The van der Waals surface area contributed by atoms with Crippen LogP contribution in [0.2, 0.25) is 0 Å². The monoisotopic (exact) mass is 483 g/mol. The zero-order chi connectivity index (χ0) is 24.7. The maximum atomic E-state index is 13.4. The summed E-state index contributed by atoms with van der Waals surface area (Å²) < 4.78 is 38.0. The molecule has 2 N–H and O–H groups in total. The second kappa shape index (κ2) is 10.7. The van der Waals surface area contributed by atoms with Crippen molar-refractivity contribution in [2.45, 2.75) is 11.8 Å². The molecule has 0 saturated carbocycles. The molecular formula is C24H25N3O6S. The molecule has 9 nitrogen and oxygen atoms in total. The van der Waals surface area contributed by atoms with Crippen LogP contribution in [0.3, 0.4) is 0 Å². The molecule has 3 aromatic rings. The van der Waals surface area contributed by atoms with E-state index in [1.54, 1.807) is 48.5 Å². The Hall–Kier alpha value is -4.05. The summed E-state index contributed by atoms with van der Waals surface area (Å²) in [5.74, 6) is -0.127. The van der Waals surface area contributed by atoms with Crippen molar-refractivity contribution in [3.8, 4) is 17.2 Å². The molecule has 3 rings (SSSR count). The minimum atomic E-state index is -4.08. The highest BCUT2D eigenvalue weighted by atomic mass is 32.2. The smallest absolute Gasteiger partial charge is 0.264 e. The first kappa shape index (κ1) is 24.6. The van der Waals surface area contributed by atoms with Crippen LogP contribution in [0.25, 0.3) is 0 Å². The number of anilines is 1. The van der Waals surface area contributed by atoms with Crippen molar-refractivity contribution in [1.82, 2.24) is 5.43 Å². The SMILES string of the molecule is COc1cccc(N(CC(=O)N/N=C\c2cccc(OC)c2O)S(=O)(=O)c2ccc(C)cc2)c1. The molecule has 0 fully saturated rings. The Morgan fingerprint density at radius 3 is 2.44 bits per heavy atom. The van der Waals surface area contributed by atoms with Crippen molar-refractivity contribution >= 4 is 27.8 Å². The van der Waals surface area contributed by atoms with E-state index in [-0.39, 0.29) is 22.1 Å². The number of para-hydroxylation sites is 1. The predicted molar refractivity (Wildman–Crippen MR) is 129 cm³/mol. The van der Waals surface area contributed by atoms with Gasteiger partial charge in [0.05, 0.1) is 31.0 Å². The van der Waals surface area contributed by atoms with Crippen LogP contribution in [-0.4, -0.2) is 46.4 Å². The maximum Gasteiger partial charge on any atom is 0.264 e. The molecule has 10 heteroatoms. The van der Waals surface area contributed by atoms with Crippen LogP contribution in [0.1, 0.15) is 11.1 Å². The van der Waals surface area contributed by atoms with Crippen molar-refractivity contribution in [2.24, 2.45) is 5.10 Å². The molecule has 178 valence electrons. The normalized spacial score (nSPS) is 11.3. The van der Waals surface area contributed by atoms with Crippen LogP contribution in [0, 0.1) is 6.92 Å². The molecule has 0 unspecified atom stereocenters. The predicted octanol–water partition coefficient (Wildman–Crippen LogP) is 3.06. The Morgan fingerprint density at radius 1 is 1.06 bits per heavy atom. The van der Waals surface area contributed by atoms with Crippen LogP contribution >= 0.6 is 0 Å². The van der Waals surface area contributed by atoms with Crippen LogP contribution in [-0.2, 0) is 14.8 Å². The first-order chi connectivity index (χ1) is 16.3. The quantitative estimate of drug-likeness (QED) is 0.357. The molecule has 0 bridgehead atoms. The topological polar surface area (TPSA) is 118 Å². The van der Waals surface area contributed by atoms with Crippen molar-refractivity contribution in [1.29, 1.82) is 0 Å². The minimum Gasteiger partial charge on any atom is -0.504 e. The van der Waals surface area contributed by atoms with Gasteiger partial charge in [-0.1, -0.05) is 29.8 Å². The molecule has 0 aliphatic heterocycles. The number of hydrogen-bond donors (Lipinski definition) is 2. The van der Waals surface area contributed by atoms with Crippen molar-refractivity contribution in [3.63, 3.8) is 0 Å². The van der Waals surface area contributed by atoms with E-state index in [1.165, 1.54) is 38.6 Å². The molecule has 0 saturated heterocycles. The fourth-order valence-electron chi connectivity index (χ4n) is 3.07. The summed E-state index contributed by atoms with van der Waals surface area (Å²) in [5, 5.41) is 14.0. The first-order valence-electron chi connectivity index (χ1n) is 10.2. The number of rotatable bonds is 9. The number of benzene rings is 3. The van der Waals surface area contributed by atoms with Crippen LogP contribution in [0.4, 0.5) is 5.69 Å². The lowest BCUT2D eigenvalue weighted by molar-refractivity contribution is -0.119. The summed E-state index contributed by atoms with van der Waals surface area (Å²) in [6.07, 6.45) is 1.24. The molecule has 0 aliphatic carbocycles. The van der Waals surface area contributed by atoms with E-state index >= 15 is 0 Å². The number of aromatic hydroxyl groups is 1. The summed E-state index contributed by atoms with van der Waals surface area (Å²) in [6.45, 7) is 1.31. The standard InChI is InChI=1S/C24H25N3O6S/c1-17-10-12-21(13-11-17)34(30,31)27(19-7-5-8-20(14-19)32-2)16-23(28)26-25-15-18-6-4-9-22(33-3)24(18)29/h4-15,29H,16H2,1-3H3,(H,26,28)/b25-15-. The number of carbonyl (C=O) groups excluding carboxylic acids is 1. The number of phenols is 1. The van der Waals surface area contributed by atoms with E-state index in [9.17, 15) is 18.3 Å². The van der Waals surface area contributed by atoms with E-state index in [2.05, 4.69) is 10.5 Å². The highest BCUT2D eigenvalue weighted by molar-refractivity contribution is 7.92. The second-order valence-electron chi connectivity index (χ2n) is 7.22. The van der Waals surface area contributed by atoms with Gasteiger partial charge in [-0.3, -0.25) is 9.10 Å². The number of methoxy groups -OCH3 is 2. The van der Waals surface area contributed by atoms with Gasteiger partial charge in [-0.05, 0) is 43.3 Å². The van der Waals surface area contributed by atoms with Crippen molar-refractivity contribution in [3.05, 3.63) is 77.9 Å². The van der Waals surface area contributed by atoms with Crippen LogP contribution in [0.5, 0.6) is 17.2 Å². The van der Waals surface area contributed by atoms with Gasteiger partial charge in [-0.15, -0.1) is 0 Å². The summed E-state index contributed by atoms with van der Waals surface area (Å²) in [7, 11) is -1.19. The van der Waals surface area contributed by atoms with Crippen LogP contribution < -0.4 is 19.2 Å². The van der Waals surface area contributed by atoms with E-state index in [0.717, 1.165) is 9.87 Å². The van der Waals surface area contributed by atoms with Gasteiger partial charge in [0.25, 0.3) is 15.9 Å². The number of hydrazone groups is 1. The molecular weight excluding hydrogens is 458 g/mol. The van der Waals surface area contributed by atoms with Gasteiger partial charge < -0.3 is 14.6 Å².